The van der Waals surface area contributed by atoms with Crippen molar-refractivity contribution in [1.82, 2.24) is 10.2 Å². The molecule has 1 fully saturated rings. The van der Waals surface area contributed by atoms with Gasteiger partial charge in [-0.2, -0.15) is 0 Å². The second-order valence-electron chi connectivity index (χ2n) is 5.12. The highest BCUT2D eigenvalue weighted by Gasteiger charge is 2.40. The molecule has 1 amide bonds. The first-order valence-corrected chi connectivity index (χ1v) is 6.10. The molecule has 0 spiro atoms. The molecule has 1 N–H and O–H groups in total. The van der Waals surface area contributed by atoms with Crippen LogP contribution in [0.25, 0.3) is 0 Å². The molecule has 1 atom stereocenters. The predicted molar refractivity (Wildman–Crippen MR) is 68.7 cm³/mol. The molecule has 0 aliphatic carbocycles. The van der Waals surface area contributed by atoms with E-state index in [0.29, 0.717) is 0 Å². The molecule has 1 aromatic carbocycles. The van der Waals surface area contributed by atoms with Crippen LogP contribution < -0.4 is 5.32 Å². The summed E-state index contributed by atoms with van der Waals surface area (Å²) >= 11 is 0. The van der Waals surface area contributed by atoms with Crippen LogP contribution >= 0.6 is 0 Å². The van der Waals surface area contributed by atoms with Crippen LogP contribution in [0.1, 0.15) is 32.4 Å². The number of carbonyl (C=O) groups excluding carboxylic acids is 1. The van der Waals surface area contributed by atoms with Gasteiger partial charge in [0, 0.05) is 20.0 Å². The smallest absolute Gasteiger partial charge is 0.219 e. The molecule has 0 unspecified atom stereocenters. The monoisotopic (exact) mass is 232 g/mol. The third-order valence-electron chi connectivity index (χ3n) is 3.60. The van der Waals surface area contributed by atoms with E-state index in [0.717, 1.165) is 13.1 Å². The van der Waals surface area contributed by atoms with Gasteiger partial charge in [-0.3, -0.25) is 4.79 Å². The Morgan fingerprint density at radius 3 is 2.59 bits per heavy atom. The molecule has 2 rings (SSSR count). The van der Waals surface area contributed by atoms with E-state index in [2.05, 4.69) is 31.3 Å². The Morgan fingerprint density at radius 1 is 1.35 bits per heavy atom. The Balaban J connectivity index is 2.32. The molecule has 1 saturated heterocycles. The number of hydrogen-bond donors (Lipinski definition) is 1. The Morgan fingerprint density at radius 2 is 2.00 bits per heavy atom. The van der Waals surface area contributed by atoms with Gasteiger partial charge in [-0.15, -0.1) is 0 Å². The summed E-state index contributed by atoms with van der Waals surface area (Å²) in [4.78, 5) is 13.6. The van der Waals surface area contributed by atoms with E-state index in [1.807, 2.05) is 23.1 Å². The zero-order chi connectivity index (χ0) is 12.5. The van der Waals surface area contributed by atoms with E-state index in [-0.39, 0.29) is 17.5 Å². The number of rotatable bonds is 1. The van der Waals surface area contributed by atoms with Crippen molar-refractivity contribution in [3.63, 3.8) is 0 Å². The van der Waals surface area contributed by atoms with Gasteiger partial charge >= 0.3 is 0 Å². The number of hydrogen-bond acceptors (Lipinski definition) is 2. The van der Waals surface area contributed by atoms with Crippen molar-refractivity contribution in [2.75, 3.05) is 13.1 Å². The first kappa shape index (κ1) is 12.1. The minimum atomic E-state index is -0.189. The first-order chi connectivity index (χ1) is 8.03. The minimum absolute atomic E-state index is 0.150. The Kier molecular flexibility index (Phi) is 3.20. The number of nitrogens with zero attached hydrogens (tertiary/aromatic N) is 1. The van der Waals surface area contributed by atoms with E-state index in [9.17, 15) is 4.79 Å². The zero-order valence-corrected chi connectivity index (χ0v) is 10.7. The second-order valence-corrected chi connectivity index (χ2v) is 5.12. The zero-order valence-electron chi connectivity index (χ0n) is 10.7. The van der Waals surface area contributed by atoms with Gasteiger partial charge in [-0.1, -0.05) is 30.3 Å². The van der Waals surface area contributed by atoms with Crippen LogP contribution in [-0.4, -0.2) is 29.4 Å². The highest BCUT2D eigenvalue weighted by molar-refractivity contribution is 5.74. The maximum atomic E-state index is 11.7. The summed E-state index contributed by atoms with van der Waals surface area (Å²) in [5.41, 5.74) is 1.05. The van der Waals surface area contributed by atoms with Gasteiger partial charge in [-0.05, 0) is 19.4 Å². The molecule has 3 nitrogen and oxygen atoms in total. The van der Waals surface area contributed by atoms with Crippen LogP contribution in [0.15, 0.2) is 30.3 Å². The molecule has 3 heteroatoms. The van der Waals surface area contributed by atoms with Crippen molar-refractivity contribution in [2.45, 2.75) is 32.4 Å². The number of benzene rings is 1. The molecule has 0 radical (unpaired) electrons. The minimum Gasteiger partial charge on any atom is -0.335 e. The van der Waals surface area contributed by atoms with Gasteiger partial charge < -0.3 is 10.2 Å². The molecular weight excluding hydrogens is 212 g/mol. The quantitative estimate of drug-likeness (QED) is 0.802. The molecule has 0 saturated carbocycles. The molecule has 1 aromatic rings. The second kappa shape index (κ2) is 4.49. The molecule has 1 heterocycles. The van der Waals surface area contributed by atoms with Gasteiger partial charge in [0.15, 0.2) is 0 Å². The Bertz CT molecular complexity index is 400. The van der Waals surface area contributed by atoms with Crippen molar-refractivity contribution in [2.24, 2.45) is 0 Å². The summed E-state index contributed by atoms with van der Waals surface area (Å²) in [7, 11) is 0. The SMILES string of the molecule is CC(=O)N1CCN[C@@H](c2ccccc2)C1(C)C. The molecule has 0 bridgehead atoms. The summed E-state index contributed by atoms with van der Waals surface area (Å²) < 4.78 is 0. The Hall–Kier alpha value is -1.35. The lowest BCUT2D eigenvalue weighted by molar-refractivity contribution is -0.137. The fourth-order valence-electron chi connectivity index (χ4n) is 2.75. The van der Waals surface area contributed by atoms with Crippen LogP contribution in [0.2, 0.25) is 0 Å². The number of piperazine rings is 1. The van der Waals surface area contributed by atoms with Gasteiger partial charge in [0.2, 0.25) is 5.91 Å². The summed E-state index contributed by atoms with van der Waals surface area (Å²) in [6.45, 7) is 7.53. The van der Waals surface area contributed by atoms with E-state index in [1.54, 1.807) is 6.92 Å². The topological polar surface area (TPSA) is 32.3 Å². The van der Waals surface area contributed by atoms with Crippen LogP contribution in [0.3, 0.4) is 0 Å². The van der Waals surface area contributed by atoms with Gasteiger partial charge in [0.1, 0.15) is 0 Å². The predicted octanol–water partition coefficient (Wildman–Crippen LogP) is 1.96. The van der Waals surface area contributed by atoms with Crippen molar-refractivity contribution >= 4 is 5.91 Å². The van der Waals surface area contributed by atoms with Crippen LogP contribution in [0.5, 0.6) is 0 Å². The average Bonchev–Trinajstić information content (AvgIpc) is 2.28. The van der Waals surface area contributed by atoms with Gasteiger partial charge in [0.05, 0.1) is 11.6 Å². The summed E-state index contributed by atoms with van der Waals surface area (Å²) in [6, 6.07) is 10.5. The molecule has 17 heavy (non-hydrogen) atoms. The molecule has 1 aliphatic heterocycles. The molecule has 92 valence electrons. The number of nitrogens with one attached hydrogen (secondary N) is 1. The van der Waals surface area contributed by atoms with Crippen molar-refractivity contribution in [3.05, 3.63) is 35.9 Å². The van der Waals surface area contributed by atoms with Crippen molar-refractivity contribution in [3.8, 4) is 0 Å². The van der Waals surface area contributed by atoms with Gasteiger partial charge in [-0.25, -0.2) is 0 Å². The van der Waals surface area contributed by atoms with Crippen molar-refractivity contribution < 1.29 is 4.79 Å². The Labute approximate surface area is 103 Å². The normalized spacial score (nSPS) is 23.5. The lowest BCUT2D eigenvalue weighted by Gasteiger charge is -2.48. The number of amides is 1. The van der Waals surface area contributed by atoms with E-state index < -0.39 is 0 Å². The largest absolute Gasteiger partial charge is 0.335 e. The highest BCUT2D eigenvalue weighted by Crippen LogP contribution is 2.33. The van der Waals surface area contributed by atoms with Crippen LogP contribution in [0, 0.1) is 0 Å². The third-order valence-corrected chi connectivity index (χ3v) is 3.60. The molecular formula is C14H20N2O. The first-order valence-electron chi connectivity index (χ1n) is 6.10. The van der Waals surface area contributed by atoms with E-state index in [1.165, 1.54) is 5.56 Å². The van der Waals surface area contributed by atoms with Gasteiger partial charge in [0.25, 0.3) is 0 Å². The molecule has 0 aromatic heterocycles. The maximum absolute atomic E-state index is 11.7. The molecule has 1 aliphatic rings. The standard InChI is InChI=1S/C14H20N2O/c1-11(17)16-10-9-15-13(14(16,2)3)12-7-5-4-6-8-12/h4-8,13,15H,9-10H2,1-3H3/t13-/m0/s1. The fourth-order valence-corrected chi connectivity index (χ4v) is 2.75. The summed E-state index contributed by atoms with van der Waals surface area (Å²) in [5.74, 6) is 0.150. The summed E-state index contributed by atoms with van der Waals surface area (Å²) in [5, 5.41) is 3.52. The van der Waals surface area contributed by atoms with E-state index in [4.69, 9.17) is 0 Å². The average molecular weight is 232 g/mol. The lowest BCUT2D eigenvalue weighted by atomic mass is 9.85. The fraction of sp³-hybridized carbons (Fsp3) is 0.500. The summed E-state index contributed by atoms with van der Waals surface area (Å²) in [6.07, 6.45) is 0. The third kappa shape index (κ3) is 2.20. The van der Waals surface area contributed by atoms with Crippen molar-refractivity contribution in [1.29, 1.82) is 0 Å². The number of carbonyl (C=O) groups is 1. The lowest BCUT2D eigenvalue weighted by Crippen LogP contribution is -2.60. The highest BCUT2D eigenvalue weighted by atomic mass is 16.2. The van der Waals surface area contributed by atoms with Crippen LogP contribution in [0.4, 0.5) is 0 Å². The van der Waals surface area contributed by atoms with E-state index >= 15 is 0 Å². The van der Waals surface area contributed by atoms with Crippen LogP contribution in [-0.2, 0) is 4.79 Å². The maximum Gasteiger partial charge on any atom is 0.219 e.